The van der Waals surface area contributed by atoms with Gasteiger partial charge in [-0.3, -0.25) is 4.68 Å². The van der Waals surface area contributed by atoms with Crippen molar-refractivity contribution in [3.8, 4) is 0 Å². The number of hydrogen-bond donors (Lipinski definition) is 2. The number of hydrogen-bond acceptors (Lipinski definition) is 7. The first kappa shape index (κ1) is 19.1. The number of aromatic nitrogens is 4. The van der Waals surface area contributed by atoms with E-state index in [1.54, 1.807) is 23.1 Å². The Balaban J connectivity index is 1.70. The summed E-state index contributed by atoms with van der Waals surface area (Å²) >= 11 is 6.18. The van der Waals surface area contributed by atoms with Crippen LogP contribution in [0.25, 0.3) is 0 Å². The minimum absolute atomic E-state index is 0.00822. The van der Waals surface area contributed by atoms with Crippen LogP contribution >= 0.6 is 11.6 Å². The van der Waals surface area contributed by atoms with Crippen molar-refractivity contribution in [2.45, 2.75) is 12.3 Å². The van der Waals surface area contributed by atoms with Gasteiger partial charge in [-0.05, 0) is 11.1 Å². The second-order valence-electron chi connectivity index (χ2n) is 6.16. The van der Waals surface area contributed by atoms with Gasteiger partial charge < -0.3 is 10.6 Å². The van der Waals surface area contributed by atoms with E-state index in [2.05, 4.69) is 25.7 Å². The fourth-order valence-corrected chi connectivity index (χ4v) is 3.43. The summed E-state index contributed by atoms with van der Waals surface area (Å²) in [6.07, 6.45) is 6.20. The second kappa shape index (κ2) is 7.93. The molecule has 0 aliphatic rings. The molecule has 10 heteroatoms. The van der Waals surface area contributed by atoms with Gasteiger partial charge in [0.15, 0.2) is 15.7 Å². The molecule has 2 heterocycles. The molecule has 1 aromatic carbocycles. The van der Waals surface area contributed by atoms with Crippen LogP contribution in [0.2, 0.25) is 5.02 Å². The number of benzene rings is 1. The average Bonchev–Trinajstić information content (AvgIpc) is 2.99. The molecule has 0 saturated carbocycles. The summed E-state index contributed by atoms with van der Waals surface area (Å²) in [6.45, 7) is 0.445. The average molecular weight is 407 g/mol. The SMILES string of the molecule is Cn1cc(Nc2ncc(Cl)c(NCc3cccc(CS(C)(=O)=O)c3)n2)cn1. The van der Waals surface area contributed by atoms with Crippen molar-refractivity contribution >= 4 is 38.9 Å². The van der Waals surface area contributed by atoms with E-state index in [9.17, 15) is 8.42 Å². The van der Waals surface area contributed by atoms with E-state index in [0.29, 0.717) is 23.3 Å². The Kier molecular flexibility index (Phi) is 5.62. The lowest BCUT2D eigenvalue weighted by atomic mass is 10.1. The van der Waals surface area contributed by atoms with E-state index in [1.165, 1.54) is 12.5 Å². The van der Waals surface area contributed by atoms with Crippen LogP contribution in [0.5, 0.6) is 0 Å². The molecule has 142 valence electrons. The van der Waals surface area contributed by atoms with E-state index in [1.807, 2.05) is 25.2 Å². The third-order valence-electron chi connectivity index (χ3n) is 3.59. The van der Waals surface area contributed by atoms with Gasteiger partial charge >= 0.3 is 0 Å². The van der Waals surface area contributed by atoms with Crippen LogP contribution in [0.3, 0.4) is 0 Å². The normalized spacial score (nSPS) is 11.4. The minimum atomic E-state index is -3.08. The third-order valence-corrected chi connectivity index (χ3v) is 4.72. The minimum Gasteiger partial charge on any atom is -0.365 e. The maximum Gasteiger partial charge on any atom is 0.229 e. The number of nitrogens with zero attached hydrogens (tertiary/aromatic N) is 4. The number of sulfone groups is 1. The molecule has 27 heavy (non-hydrogen) atoms. The summed E-state index contributed by atoms with van der Waals surface area (Å²) in [5, 5.41) is 10.7. The summed E-state index contributed by atoms with van der Waals surface area (Å²) in [6, 6.07) is 7.37. The summed E-state index contributed by atoms with van der Waals surface area (Å²) in [7, 11) is -1.26. The van der Waals surface area contributed by atoms with Crippen molar-refractivity contribution in [1.82, 2.24) is 19.7 Å². The predicted molar refractivity (Wildman–Crippen MR) is 106 cm³/mol. The number of anilines is 3. The largest absolute Gasteiger partial charge is 0.365 e. The fourth-order valence-electron chi connectivity index (χ4n) is 2.48. The topological polar surface area (TPSA) is 102 Å². The third kappa shape index (κ3) is 5.66. The summed E-state index contributed by atoms with van der Waals surface area (Å²) in [5.74, 6) is 0.876. The summed E-state index contributed by atoms with van der Waals surface area (Å²) in [4.78, 5) is 8.53. The summed E-state index contributed by atoms with van der Waals surface area (Å²) < 4.78 is 24.6. The monoisotopic (exact) mass is 406 g/mol. The maximum absolute atomic E-state index is 11.5. The highest BCUT2D eigenvalue weighted by molar-refractivity contribution is 7.89. The molecule has 0 aliphatic heterocycles. The Morgan fingerprint density at radius 1 is 1.22 bits per heavy atom. The Morgan fingerprint density at radius 2 is 2.00 bits per heavy atom. The molecular formula is C17H19ClN6O2S. The molecule has 2 aromatic heterocycles. The molecule has 0 amide bonds. The van der Waals surface area contributed by atoms with E-state index in [4.69, 9.17) is 11.6 Å². The van der Waals surface area contributed by atoms with Gasteiger partial charge in [0.25, 0.3) is 0 Å². The standard InChI is InChI=1S/C17H19ClN6O2S/c1-24-10-14(8-21-24)22-17-20-9-15(18)16(23-17)19-7-12-4-3-5-13(6-12)11-27(2,25)26/h3-6,8-10H,7,11H2,1-2H3,(H2,19,20,22,23). The van der Waals surface area contributed by atoms with Crippen molar-refractivity contribution in [3.05, 3.63) is 59.0 Å². The van der Waals surface area contributed by atoms with Crippen LogP contribution in [0, 0.1) is 0 Å². The lowest BCUT2D eigenvalue weighted by Crippen LogP contribution is -2.06. The lowest BCUT2D eigenvalue weighted by molar-refractivity contribution is 0.601. The van der Waals surface area contributed by atoms with Gasteiger partial charge in [-0.2, -0.15) is 10.1 Å². The van der Waals surface area contributed by atoms with Crippen molar-refractivity contribution in [3.63, 3.8) is 0 Å². The van der Waals surface area contributed by atoms with Crippen molar-refractivity contribution < 1.29 is 8.42 Å². The second-order valence-corrected chi connectivity index (χ2v) is 8.71. The lowest BCUT2D eigenvalue weighted by Gasteiger charge is -2.10. The van der Waals surface area contributed by atoms with Crippen molar-refractivity contribution in [1.29, 1.82) is 0 Å². The van der Waals surface area contributed by atoms with Crippen LogP contribution in [0.1, 0.15) is 11.1 Å². The first-order valence-electron chi connectivity index (χ1n) is 8.06. The zero-order valence-corrected chi connectivity index (χ0v) is 16.4. The quantitative estimate of drug-likeness (QED) is 0.621. The van der Waals surface area contributed by atoms with Crippen molar-refractivity contribution in [2.24, 2.45) is 7.05 Å². The van der Waals surface area contributed by atoms with E-state index in [0.717, 1.165) is 16.8 Å². The highest BCUT2D eigenvalue weighted by Gasteiger charge is 2.08. The molecule has 0 unspecified atom stereocenters. The molecule has 3 rings (SSSR count). The van der Waals surface area contributed by atoms with Crippen molar-refractivity contribution in [2.75, 3.05) is 16.9 Å². The molecule has 0 radical (unpaired) electrons. The molecule has 0 aliphatic carbocycles. The first-order chi connectivity index (χ1) is 12.8. The molecule has 2 N–H and O–H groups in total. The molecule has 0 fully saturated rings. The predicted octanol–water partition coefficient (Wildman–Crippen LogP) is 2.76. The van der Waals surface area contributed by atoms with E-state index >= 15 is 0 Å². The number of halogens is 1. The Labute approximate surface area is 162 Å². The fraction of sp³-hybridized carbons (Fsp3) is 0.235. The molecule has 3 aromatic rings. The molecule has 0 bridgehead atoms. The number of nitrogens with one attached hydrogen (secondary N) is 2. The van der Waals surface area contributed by atoms with Crippen LogP contribution in [-0.2, 0) is 29.2 Å². The van der Waals surface area contributed by atoms with Gasteiger partial charge in [-0.25, -0.2) is 13.4 Å². The van der Waals surface area contributed by atoms with Crippen LogP contribution in [0.15, 0.2) is 42.9 Å². The van der Waals surface area contributed by atoms with Crippen LogP contribution in [-0.4, -0.2) is 34.4 Å². The van der Waals surface area contributed by atoms with E-state index < -0.39 is 9.84 Å². The van der Waals surface area contributed by atoms with Gasteiger partial charge in [0.1, 0.15) is 5.02 Å². The highest BCUT2D eigenvalue weighted by Crippen LogP contribution is 2.22. The molecular weight excluding hydrogens is 388 g/mol. The molecule has 0 saturated heterocycles. The Hall–Kier alpha value is -2.65. The Bertz CT molecular complexity index is 1050. The molecule has 8 nitrogen and oxygen atoms in total. The molecule has 0 atom stereocenters. The number of rotatable bonds is 7. The van der Waals surface area contributed by atoms with Gasteiger partial charge in [0.05, 0.1) is 23.8 Å². The molecule has 0 spiro atoms. The smallest absolute Gasteiger partial charge is 0.229 e. The van der Waals surface area contributed by atoms with Gasteiger partial charge in [0, 0.05) is 26.0 Å². The van der Waals surface area contributed by atoms with Crippen LogP contribution < -0.4 is 10.6 Å². The highest BCUT2D eigenvalue weighted by atomic mass is 35.5. The first-order valence-corrected chi connectivity index (χ1v) is 10.5. The van der Waals surface area contributed by atoms with Gasteiger partial charge in [-0.15, -0.1) is 0 Å². The van der Waals surface area contributed by atoms with Gasteiger partial charge in [0.2, 0.25) is 5.95 Å². The van der Waals surface area contributed by atoms with Gasteiger partial charge in [-0.1, -0.05) is 35.9 Å². The zero-order valence-electron chi connectivity index (χ0n) is 14.8. The maximum atomic E-state index is 11.5. The Morgan fingerprint density at radius 3 is 2.70 bits per heavy atom. The zero-order chi connectivity index (χ0) is 19.4. The summed E-state index contributed by atoms with van der Waals surface area (Å²) in [5.41, 5.74) is 2.43. The number of aryl methyl sites for hydroxylation is 1. The van der Waals surface area contributed by atoms with E-state index in [-0.39, 0.29) is 5.75 Å². The van der Waals surface area contributed by atoms with Crippen LogP contribution in [0.4, 0.5) is 17.5 Å².